The Hall–Kier alpha value is -0.770. The molecule has 0 unspecified atom stereocenters. The number of hydrogen-bond acceptors (Lipinski definition) is 3. The van der Waals surface area contributed by atoms with Gasteiger partial charge in [0.15, 0.2) is 0 Å². The van der Waals surface area contributed by atoms with Crippen LogP contribution in [0.3, 0.4) is 0 Å². The molecular weight excluding hydrogens is 216 g/mol. The third kappa shape index (κ3) is 5.91. The standard InChI is InChI=1S/C13H26N2O2/c1-12(2,3)17-11(16)14-8-9-15-13(4,5)10-6-7-10/h10,15H,6-9H2,1-5H3,(H,14,16). The van der Waals surface area contributed by atoms with Gasteiger partial charge in [0.1, 0.15) is 5.60 Å². The lowest BCUT2D eigenvalue weighted by Gasteiger charge is -2.26. The van der Waals surface area contributed by atoms with Gasteiger partial charge in [0.05, 0.1) is 0 Å². The number of rotatable bonds is 5. The number of amides is 1. The number of ether oxygens (including phenoxy) is 1. The minimum Gasteiger partial charge on any atom is -0.444 e. The van der Waals surface area contributed by atoms with Crippen molar-refractivity contribution in [3.63, 3.8) is 0 Å². The van der Waals surface area contributed by atoms with Gasteiger partial charge in [-0.15, -0.1) is 0 Å². The number of hydrogen-bond donors (Lipinski definition) is 2. The van der Waals surface area contributed by atoms with Crippen LogP contribution in [-0.2, 0) is 4.74 Å². The van der Waals surface area contributed by atoms with Gasteiger partial charge in [-0.3, -0.25) is 0 Å². The van der Waals surface area contributed by atoms with Gasteiger partial charge in [-0.25, -0.2) is 4.79 Å². The largest absolute Gasteiger partial charge is 0.444 e. The van der Waals surface area contributed by atoms with Crippen LogP contribution >= 0.6 is 0 Å². The Labute approximate surface area is 104 Å². The zero-order valence-corrected chi connectivity index (χ0v) is 11.7. The molecule has 0 spiro atoms. The van der Waals surface area contributed by atoms with Crippen LogP contribution in [0.2, 0.25) is 0 Å². The Morgan fingerprint density at radius 3 is 2.24 bits per heavy atom. The minimum absolute atomic E-state index is 0.190. The molecule has 100 valence electrons. The molecule has 1 rings (SSSR count). The molecular formula is C13H26N2O2. The highest BCUT2D eigenvalue weighted by molar-refractivity contribution is 5.67. The first-order valence-corrected chi connectivity index (χ1v) is 6.42. The topological polar surface area (TPSA) is 50.4 Å². The first kappa shape index (κ1) is 14.3. The van der Waals surface area contributed by atoms with Gasteiger partial charge in [0, 0.05) is 18.6 Å². The molecule has 1 amide bonds. The number of nitrogens with one attached hydrogen (secondary N) is 2. The molecule has 0 bridgehead atoms. The average molecular weight is 242 g/mol. The van der Waals surface area contributed by atoms with Crippen LogP contribution in [0.25, 0.3) is 0 Å². The summed E-state index contributed by atoms with van der Waals surface area (Å²) < 4.78 is 5.15. The van der Waals surface area contributed by atoms with Crippen molar-refractivity contribution < 1.29 is 9.53 Å². The fraction of sp³-hybridized carbons (Fsp3) is 0.923. The molecule has 0 aromatic carbocycles. The van der Waals surface area contributed by atoms with E-state index >= 15 is 0 Å². The first-order chi connectivity index (χ1) is 7.71. The first-order valence-electron chi connectivity index (χ1n) is 6.42. The van der Waals surface area contributed by atoms with Crippen LogP contribution in [0.4, 0.5) is 4.79 Å². The lowest BCUT2D eigenvalue weighted by atomic mass is 9.99. The summed E-state index contributed by atoms with van der Waals surface area (Å²) in [5.41, 5.74) is -0.236. The maximum atomic E-state index is 11.4. The van der Waals surface area contributed by atoms with Crippen molar-refractivity contribution >= 4 is 6.09 Å². The maximum absolute atomic E-state index is 11.4. The van der Waals surface area contributed by atoms with Crippen LogP contribution in [0.1, 0.15) is 47.5 Å². The van der Waals surface area contributed by atoms with E-state index in [1.54, 1.807) is 0 Å². The fourth-order valence-corrected chi connectivity index (χ4v) is 1.81. The highest BCUT2D eigenvalue weighted by atomic mass is 16.6. The quantitative estimate of drug-likeness (QED) is 0.727. The summed E-state index contributed by atoms with van der Waals surface area (Å²) in [6.45, 7) is 11.4. The smallest absolute Gasteiger partial charge is 0.407 e. The van der Waals surface area contributed by atoms with Crippen LogP contribution in [0.15, 0.2) is 0 Å². The molecule has 0 heterocycles. The van der Waals surface area contributed by atoms with Gasteiger partial charge < -0.3 is 15.4 Å². The van der Waals surface area contributed by atoms with Crippen LogP contribution in [0.5, 0.6) is 0 Å². The van der Waals surface area contributed by atoms with E-state index in [-0.39, 0.29) is 11.6 Å². The van der Waals surface area contributed by atoms with Crippen LogP contribution in [-0.4, -0.2) is 30.3 Å². The van der Waals surface area contributed by atoms with Crippen molar-refractivity contribution in [2.75, 3.05) is 13.1 Å². The van der Waals surface area contributed by atoms with Crippen molar-refractivity contribution in [1.29, 1.82) is 0 Å². The molecule has 0 aromatic rings. The summed E-state index contributed by atoms with van der Waals surface area (Å²) >= 11 is 0. The van der Waals surface area contributed by atoms with E-state index in [4.69, 9.17) is 4.74 Å². The second-order valence-electron chi connectivity index (χ2n) is 6.35. The Morgan fingerprint density at radius 1 is 1.18 bits per heavy atom. The van der Waals surface area contributed by atoms with Crippen LogP contribution in [0, 0.1) is 5.92 Å². The molecule has 0 radical (unpaired) electrons. The van der Waals surface area contributed by atoms with E-state index in [2.05, 4.69) is 24.5 Å². The summed E-state index contributed by atoms with van der Waals surface area (Å²) in [7, 11) is 0. The third-order valence-electron chi connectivity index (χ3n) is 2.97. The monoisotopic (exact) mass is 242 g/mol. The van der Waals surface area contributed by atoms with Crippen molar-refractivity contribution in [3.8, 4) is 0 Å². The predicted octanol–water partition coefficient (Wildman–Crippen LogP) is 2.29. The maximum Gasteiger partial charge on any atom is 0.407 e. The Morgan fingerprint density at radius 2 is 1.76 bits per heavy atom. The molecule has 2 N–H and O–H groups in total. The Kier molecular flexibility index (Phi) is 4.42. The summed E-state index contributed by atoms with van der Waals surface area (Å²) in [5, 5.41) is 6.22. The van der Waals surface area contributed by atoms with Gasteiger partial charge in [-0.1, -0.05) is 0 Å². The molecule has 4 nitrogen and oxygen atoms in total. The van der Waals surface area contributed by atoms with E-state index in [9.17, 15) is 4.79 Å². The predicted molar refractivity (Wildman–Crippen MR) is 69.0 cm³/mol. The lowest BCUT2D eigenvalue weighted by molar-refractivity contribution is 0.0527. The van der Waals surface area contributed by atoms with E-state index in [0.717, 1.165) is 12.5 Å². The second-order valence-corrected chi connectivity index (χ2v) is 6.35. The highest BCUT2D eigenvalue weighted by Crippen LogP contribution is 2.38. The van der Waals surface area contributed by atoms with Crippen molar-refractivity contribution in [2.24, 2.45) is 5.92 Å². The zero-order chi connectivity index (χ0) is 13.1. The Balaban J connectivity index is 2.09. The molecule has 0 saturated heterocycles. The van der Waals surface area contributed by atoms with Crippen molar-refractivity contribution in [1.82, 2.24) is 10.6 Å². The van der Waals surface area contributed by atoms with Gasteiger partial charge in [-0.05, 0) is 53.4 Å². The molecule has 1 aliphatic rings. The minimum atomic E-state index is -0.426. The molecule has 0 aliphatic heterocycles. The molecule has 1 fully saturated rings. The zero-order valence-electron chi connectivity index (χ0n) is 11.7. The number of carbonyl (C=O) groups excluding carboxylic acids is 1. The SMILES string of the molecule is CC(C)(C)OC(=O)NCCNC(C)(C)C1CC1. The molecule has 4 heteroatoms. The normalized spacial score (nSPS) is 16.8. The number of alkyl carbamates (subject to hydrolysis) is 1. The lowest BCUT2D eigenvalue weighted by Crippen LogP contribution is -2.45. The fourth-order valence-electron chi connectivity index (χ4n) is 1.81. The van der Waals surface area contributed by atoms with Crippen molar-refractivity contribution in [2.45, 2.75) is 58.6 Å². The molecule has 0 atom stereocenters. The molecule has 1 aliphatic carbocycles. The van der Waals surface area contributed by atoms with Crippen LogP contribution < -0.4 is 10.6 Å². The van der Waals surface area contributed by atoms with Gasteiger partial charge in [0.2, 0.25) is 0 Å². The van der Waals surface area contributed by atoms with E-state index in [1.807, 2.05) is 20.8 Å². The van der Waals surface area contributed by atoms with Gasteiger partial charge in [0.25, 0.3) is 0 Å². The van der Waals surface area contributed by atoms with Crippen molar-refractivity contribution in [3.05, 3.63) is 0 Å². The second kappa shape index (κ2) is 5.25. The van der Waals surface area contributed by atoms with Gasteiger partial charge >= 0.3 is 6.09 Å². The molecule has 0 aromatic heterocycles. The van der Waals surface area contributed by atoms with Gasteiger partial charge in [-0.2, -0.15) is 0 Å². The highest BCUT2D eigenvalue weighted by Gasteiger charge is 2.36. The third-order valence-corrected chi connectivity index (χ3v) is 2.97. The number of carbonyl (C=O) groups is 1. The van der Waals surface area contributed by atoms with E-state index in [0.29, 0.717) is 6.54 Å². The summed E-state index contributed by atoms with van der Waals surface area (Å²) in [6, 6.07) is 0. The van der Waals surface area contributed by atoms with E-state index < -0.39 is 5.60 Å². The van der Waals surface area contributed by atoms with E-state index in [1.165, 1.54) is 12.8 Å². The molecule has 17 heavy (non-hydrogen) atoms. The average Bonchev–Trinajstić information content (AvgIpc) is 2.92. The Bertz CT molecular complexity index is 265. The summed E-state index contributed by atoms with van der Waals surface area (Å²) in [6.07, 6.45) is 2.29. The summed E-state index contributed by atoms with van der Waals surface area (Å²) in [4.78, 5) is 11.4. The molecule has 1 saturated carbocycles. The summed E-state index contributed by atoms with van der Waals surface area (Å²) in [5.74, 6) is 0.795.